The first-order chi connectivity index (χ1) is 17.0. The van der Waals surface area contributed by atoms with E-state index in [1.807, 2.05) is 49.4 Å². The predicted octanol–water partition coefficient (Wildman–Crippen LogP) is 5.08. The van der Waals surface area contributed by atoms with E-state index in [0.717, 1.165) is 16.7 Å². The first-order valence-corrected chi connectivity index (χ1v) is 11.7. The number of carbonyl (C=O) groups excluding carboxylic acids is 1. The van der Waals surface area contributed by atoms with Gasteiger partial charge in [0, 0.05) is 33.9 Å². The van der Waals surface area contributed by atoms with Crippen molar-refractivity contribution in [2.45, 2.75) is 13.5 Å². The Kier molecular flexibility index (Phi) is 7.98. The Balaban J connectivity index is 1.61. The summed E-state index contributed by atoms with van der Waals surface area (Å²) in [5.41, 5.74) is 4.89. The van der Waals surface area contributed by atoms with Crippen molar-refractivity contribution >= 4 is 11.9 Å². The van der Waals surface area contributed by atoms with Gasteiger partial charge in [0.1, 0.15) is 11.5 Å². The van der Waals surface area contributed by atoms with Crippen molar-refractivity contribution in [2.24, 2.45) is 0 Å². The summed E-state index contributed by atoms with van der Waals surface area (Å²) in [7, 11) is 3.31. The van der Waals surface area contributed by atoms with Crippen molar-refractivity contribution in [2.75, 3.05) is 40.5 Å². The predicted molar refractivity (Wildman–Crippen MR) is 137 cm³/mol. The SMILES string of the molecule is COCCN(CCOC)Cc1c(O)cc(C)c2c1O/C(=C/c1ccc(-c3ccccc3)cc1)C2=O. The molecule has 35 heavy (non-hydrogen) atoms. The van der Waals surface area contributed by atoms with Gasteiger partial charge in [-0.15, -0.1) is 0 Å². The summed E-state index contributed by atoms with van der Waals surface area (Å²) in [6.45, 7) is 4.63. The molecule has 0 saturated heterocycles. The van der Waals surface area contributed by atoms with Crippen LogP contribution in [0.1, 0.15) is 27.0 Å². The highest BCUT2D eigenvalue weighted by Gasteiger charge is 2.33. The molecule has 0 atom stereocenters. The lowest BCUT2D eigenvalue weighted by molar-refractivity contribution is 0.101. The number of phenolic OH excluding ortho intramolecular Hbond substituents is 1. The lowest BCUT2D eigenvalue weighted by Crippen LogP contribution is -2.30. The van der Waals surface area contributed by atoms with Crippen LogP contribution in [0.4, 0.5) is 0 Å². The molecule has 3 aromatic rings. The molecule has 1 aliphatic rings. The molecule has 3 aromatic carbocycles. The van der Waals surface area contributed by atoms with Crippen LogP contribution in [0.5, 0.6) is 11.5 Å². The van der Waals surface area contributed by atoms with Crippen LogP contribution in [0.25, 0.3) is 17.2 Å². The van der Waals surface area contributed by atoms with E-state index in [-0.39, 0.29) is 17.3 Å². The third kappa shape index (κ3) is 5.62. The number of carbonyl (C=O) groups is 1. The van der Waals surface area contributed by atoms with Crippen LogP contribution in [-0.2, 0) is 16.0 Å². The molecule has 0 unspecified atom stereocenters. The van der Waals surface area contributed by atoms with Gasteiger partial charge >= 0.3 is 0 Å². The minimum atomic E-state index is -0.175. The van der Waals surface area contributed by atoms with Crippen LogP contribution in [0.15, 0.2) is 66.4 Å². The molecular formula is C29H31NO5. The first-order valence-electron chi connectivity index (χ1n) is 11.7. The summed E-state index contributed by atoms with van der Waals surface area (Å²) >= 11 is 0. The molecule has 6 nitrogen and oxygen atoms in total. The zero-order valence-corrected chi connectivity index (χ0v) is 20.4. The Labute approximate surface area is 206 Å². The van der Waals surface area contributed by atoms with Gasteiger partial charge in [-0.2, -0.15) is 0 Å². The average Bonchev–Trinajstić information content (AvgIpc) is 3.20. The van der Waals surface area contributed by atoms with Crippen molar-refractivity contribution in [3.8, 4) is 22.6 Å². The summed E-state index contributed by atoms with van der Waals surface area (Å²) in [6, 6.07) is 19.8. The number of ketones is 1. The topological polar surface area (TPSA) is 68.2 Å². The van der Waals surface area contributed by atoms with E-state index in [1.165, 1.54) is 0 Å². The van der Waals surface area contributed by atoms with Gasteiger partial charge in [-0.1, -0.05) is 54.6 Å². The molecule has 6 heteroatoms. The molecule has 0 saturated carbocycles. The number of hydrogen-bond donors (Lipinski definition) is 1. The number of nitrogens with zero attached hydrogens (tertiary/aromatic N) is 1. The number of phenols is 1. The fourth-order valence-corrected chi connectivity index (χ4v) is 4.22. The summed E-state index contributed by atoms with van der Waals surface area (Å²) in [4.78, 5) is 15.4. The maximum Gasteiger partial charge on any atom is 0.232 e. The first kappa shape index (κ1) is 24.7. The van der Waals surface area contributed by atoms with E-state index in [1.54, 1.807) is 26.4 Å². The van der Waals surface area contributed by atoms with Crippen LogP contribution in [0.3, 0.4) is 0 Å². The number of aromatic hydroxyl groups is 1. The summed E-state index contributed by atoms with van der Waals surface area (Å²) in [5, 5.41) is 10.8. The normalized spacial score (nSPS) is 13.9. The third-order valence-corrected chi connectivity index (χ3v) is 6.14. The molecule has 0 spiro atoms. The standard InChI is InChI=1S/C29H31NO5/c1-20-17-25(31)24(19-30(13-15-33-2)14-16-34-3)29-27(20)28(32)26(35-29)18-21-9-11-23(12-10-21)22-7-5-4-6-8-22/h4-12,17-18,31H,13-16,19H2,1-3H3/b26-18+. The van der Waals surface area contributed by atoms with Crippen LogP contribution in [0, 0.1) is 6.92 Å². The molecule has 0 aliphatic carbocycles. The molecular weight excluding hydrogens is 442 g/mol. The van der Waals surface area contributed by atoms with Crippen LogP contribution >= 0.6 is 0 Å². The number of allylic oxidation sites excluding steroid dienone is 1. The van der Waals surface area contributed by atoms with Crippen molar-refractivity contribution in [1.29, 1.82) is 0 Å². The number of hydrogen-bond acceptors (Lipinski definition) is 6. The van der Waals surface area contributed by atoms with Crippen LogP contribution < -0.4 is 4.74 Å². The molecule has 0 amide bonds. The third-order valence-electron chi connectivity index (χ3n) is 6.14. The zero-order valence-electron chi connectivity index (χ0n) is 20.4. The van der Waals surface area contributed by atoms with E-state index >= 15 is 0 Å². The fraction of sp³-hybridized carbons (Fsp3) is 0.276. The number of methoxy groups -OCH3 is 2. The van der Waals surface area contributed by atoms with Gasteiger partial charge in [0.15, 0.2) is 5.76 Å². The van der Waals surface area contributed by atoms with Gasteiger partial charge in [0.05, 0.1) is 24.3 Å². The highest BCUT2D eigenvalue weighted by atomic mass is 16.5. The molecule has 0 fully saturated rings. The van der Waals surface area contributed by atoms with Gasteiger partial charge in [0.2, 0.25) is 5.78 Å². The smallest absolute Gasteiger partial charge is 0.232 e. The minimum absolute atomic E-state index is 0.113. The average molecular weight is 474 g/mol. The van der Waals surface area contributed by atoms with Crippen molar-refractivity contribution in [3.05, 3.63) is 88.7 Å². The molecule has 0 bridgehead atoms. The highest BCUT2D eigenvalue weighted by Crippen LogP contribution is 2.42. The van der Waals surface area contributed by atoms with Gasteiger partial charge in [-0.25, -0.2) is 0 Å². The summed E-state index contributed by atoms with van der Waals surface area (Å²) < 4.78 is 16.6. The van der Waals surface area contributed by atoms with E-state index in [4.69, 9.17) is 14.2 Å². The second kappa shape index (κ2) is 11.3. The van der Waals surface area contributed by atoms with Gasteiger partial charge < -0.3 is 19.3 Å². The van der Waals surface area contributed by atoms with E-state index in [0.29, 0.717) is 55.3 Å². The number of Topliss-reactive ketones (excluding diaryl/α,β-unsaturated/α-hetero) is 1. The molecule has 0 radical (unpaired) electrons. The van der Waals surface area contributed by atoms with Crippen molar-refractivity contribution in [1.82, 2.24) is 4.90 Å². The van der Waals surface area contributed by atoms with E-state index < -0.39 is 0 Å². The summed E-state index contributed by atoms with van der Waals surface area (Å²) in [6.07, 6.45) is 1.75. The monoisotopic (exact) mass is 473 g/mol. The number of fused-ring (bicyclic) bond motifs is 1. The van der Waals surface area contributed by atoms with Gasteiger partial charge in [0.25, 0.3) is 0 Å². The molecule has 182 valence electrons. The second-order valence-corrected chi connectivity index (χ2v) is 8.58. The highest BCUT2D eigenvalue weighted by molar-refractivity contribution is 6.15. The number of benzene rings is 3. The maximum absolute atomic E-state index is 13.3. The van der Waals surface area contributed by atoms with E-state index in [2.05, 4.69) is 17.0 Å². The zero-order chi connectivity index (χ0) is 24.8. The molecule has 4 rings (SSSR count). The molecule has 1 aliphatic heterocycles. The Hall–Kier alpha value is -3.45. The van der Waals surface area contributed by atoms with Crippen molar-refractivity contribution in [3.63, 3.8) is 0 Å². The second-order valence-electron chi connectivity index (χ2n) is 8.58. The van der Waals surface area contributed by atoms with Crippen molar-refractivity contribution < 1.29 is 24.1 Å². The van der Waals surface area contributed by atoms with Crippen LogP contribution in [-0.4, -0.2) is 56.3 Å². The Morgan fingerprint density at radius 2 is 1.57 bits per heavy atom. The Bertz CT molecular complexity index is 1190. The lowest BCUT2D eigenvalue weighted by Gasteiger charge is -2.23. The summed E-state index contributed by atoms with van der Waals surface area (Å²) in [5.74, 6) is 0.621. The Morgan fingerprint density at radius 1 is 0.943 bits per heavy atom. The largest absolute Gasteiger partial charge is 0.507 e. The molecule has 0 aromatic heterocycles. The lowest BCUT2D eigenvalue weighted by atomic mass is 9.99. The van der Waals surface area contributed by atoms with E-state index in [9.17, 15) is 9.90 Å². The number of rotatable bonds is 10. The maximum atomic E-state index is 13.3. The Morgan fingerprint density at radius 3 is 2.20 bits per heavy atom. The number of ether oxygens (including phenoxy) is 3. The minimum Gasteiger partial charge on any atom is -0.507 e. The van der Waals surface area contributed by atoms with Gasteiger partial charge in [-0.3, -0.25) is 9.69 Å². The molecule has 1 N–H and O–H groups in total. The quantitative estimate of drug-likeness (QED) is 0.414. The molecule has 1 heterocycles. The van der Waals surface area contributed by atoms with Crippen LogP contribution in [0.2, 0.25) is 0 Å². The number of aryl methyl sites for hydroxylation is 1. The fourth-order valence-electron chi connectivity index (χ4n) is 4.22. The van der Waals surface area contributed by atoms with Gasteiger partial charge in [-0.05, 0) is 41.3 Å².